The van der Waals surface area contributed by atoms with Gasteiger partial charge >= 0.3 is 0 Å². The van der Waals surface area contributed by atoms with Crippen molar-refractivity contribution >= 4 is 12.6 Å². The maximum Gasteiger partial charge on any atom is 0.150 e. The Morgan fingerprint density at radius 1 is 0.710 bits per heavy atom. The van der Waals surface area contributed by atoms with Crippen LogP contribution in [-0.2, 0) is 9.53 Å². The molecule has 0 atom stereocenters. The zero-order chi connectivity index (χ0) is 23.2. The van der Waals surface area contributed by atoms with Crippen molar-refractivity contribution in [2.24, 2.45) is 0 Å². The second-order valence-corrected chi connectivity index (χ2v) is 6.19. The average Bonchev–Trinajstić information content (AvgIpc) is 2.84. The monoisotopic (exact) mass is 430 g/mol. The summed E-state index contributed by atoms with van der Waals surface area (Å²) in [4.78, 5) is 19.5. The van der Waals surface area contributed by atoms with Crippen LogP contribution in [0.2, 0.25) is 0 Å². The summed E-state index contributed by atoms with van der Waals surface area (Å²) in [7, 11) is 5.01. The van der Waals surface area contributed by atoms with Gasteiger partial charge in [0.15, 0.2) is 0 Å². The fourth-order valence-electron chi connectivity index (χ4n) is 2.25. The first-order chi connectivity index (χ1) is 15.1. The maximum absolute atomic E-state index is 10.5. The minimum atomic E-state index is 0.639. The number of unbranched alkanes of at least 4 members (excludes halogenated alkanes) is 3. The number of carbonyl (C=O) groups is 2. The Hall–Kier alpha value is -3.12. The molecule has 0 spiro atoms. The molecule has 0 aromatic heterocycles. The minimum absolute atomic E-state index is 0.639. The Bertz CT molecular complexity index is 666. The van der Waals surface area contributed by atoms with E-state index in [1.165, 1.54) is 12.5 Å². The fourth-order valence-corrected chi connectivity index (χ4v) is 2.25. The third kappa shape index (κ3) is 15.4. The molecule has 31 heavy (non-hydrogen) atoms. The number of aldehydes is 2. The topological polar surface area (TPSA) is 71.1 Å². The number of ether oxygens (including phenoxy) is 4. The Morgan fingerprint density at radius 2 is 1.16 bits per heavy atom. The predicted octanol–water partition coefficient (Wildman–Crippen LogP) is 5.16. The van der Waals surface area contributed by atoms with Gasteiger partial charge in [0, 0.05) is 19.3 Å². The van der Waals surface area contributed by atoms with E-state index in [1.807, 2.05) is 36.4 Å². The average molecular weight is 431 g/mol. The first kappa shape index (κ1) is 27.9. The number of hydrogen-bond donors (Lipinski definition) is 0. The van der Waals surface area contributed by atoms with E-state index in [0.717, 1.165) is 56.0 Å². The molecule has 0 aliphatic heterocycles. The quantitative estimate of drug-likeness (QED) is 0.263. The van der Waals surface area contributed by atoms with Crippen LogP contribution in [-0.4, -0.2) is 47.1 Å². The van der Waals surface area contributed by atoms with E-state index in [0.29, 0.717) is 11.8 Å². The molecule has 0 saturated carbocycles. The van der Waals surface area contributed by atoms with Gasteiger partial charge in [-0.2, -0.15) is 0 Å². The maximum atomic E-state index is 10.5. The Kier molecular flexibility index (Phi) is 18.1. The van der Waals surface area contributed by atoms with Gasteiger partial charge in [0.25, 0.3) is 0 Å². The van der Waals surface area contributed by atoms with Crippen molar-refractivity contribution in [2.75, 3.05) is 34.5 Å². The van der Waals surface area contributed by atoms with Crippen molar-refractivity contribution in [2.45, 2.75) is 25.7 Å². The summed E-state index contributed by atoms with van der Waals surface area (Å²) in [5.41, 5.74) is 0.678. The van der Waals surface area contributed by atoms with Crippen molar-refractivity contribution in [3.63, 3.8) is 0 Å². The zero-order valence-corrected chi connectivity index (χ0v) is 18.8. The lowest BCUT2D eigenvalue weighted by Crippen LogP contribution is -1.98. The fraction of sp³-hybridized carbons (Fsp3) is 0.360. The van der Waals surface area contributed by atoms with E-state index < -0.39 is 0 Å². The van der Waals surface area contributed by atoms with Crippen molar-refractivity contribution < 1.29 is 28.5 Å². The van der Waals surface area contributed by atoms with Crippen LogP contribution in [0.4, 0.5) is 0 Å². The molecule has 0 unspecified atom stereocenters. The molecule has 0 fully saturated rings. The lowest BCUT2D eigenvalue weighted by Gasteiger charge is -2.06. The summed E-state index contributed by atoms with van der Waals surface area (Å²) < 4.78 is 20.5. The number of methoxy groups -OCH3 is 3. The van der Waals surface area contributed by atoms with Crippen LogP contribution in [0.5, 0.6) is 17.2 Å². The van der Waals surface area contributed by atoms with Gasteiger partial charge in [-0.3, -0.25) is 9.59 Å². The van der Waals surface area contributed by atoms with E-state index in [9.17, 15) is 4.79 Å². The summed E-state index contributed by atoms with van der Waals surface area (Å²) in [6.07, 6.45) is 7.18. The van der Waals surface area contributed by atoms with Gasteiger partial charge < -0.3 is 18.9 Å². The van der Waals surface area contributed by atoms with Crippen LogP contribution in [0, 0.1) is 0 Å². The second-order valence-electron chi connectivity index (χ2n) is 6.19. The van der Waals surface area contributed by atoms with E-state index in [2.05, 4.69) is 6.58 Å². The molecule has 0 radical (unpaired) electrons. The van der Waals surface area contributed by atoms with Crippen LogP contribution >= 0.6 is 0 Å². The molecule has 2 aromatic carbocycles. The molecule has 0 aliphatic carbocycles. The first-order valence-corrected chi connectivity index (χ1v) is 10.1. The standard InChI is InChI=1S/C14H20O3.C8H10O2.C3H4O/c1-16-10-4-2-3-5-11-17-14-8-6-13(12-15)7-9-14;1-9-7-3-5-8(10-2)6-4-7;1-2-3-4/h6-9,12H,2-5,10-11H2,1H3;3-6H,1-2H3;2-3H,1H2. The van der Waals surface area contributed by atoms with Crippen molar-refractivity contribution in [3.8, 4) is 17.2 Å². The van der Waals surface area contributed by atoms with E-state index in [4.69, 9.17) is 23.7 Å². The smallest absolute Gasteiger partial charge is 0.150 e. The highest BCUT2D eigenvalue weighted by Crippen LogP contribution is 2.16. The van der Waals surface area contributed by atoms with Crippen LogP contribution in [0.15, 0.2) is 61.2 Å². The highest BCUT2D eigenvalue weighted by Gasteiger charge is 1.95. The molecule has 0 N–H and O–H groups in total. The van der Waals surface area contributed by atoms with Crippen molar-refractivity contribution in [1.82, 2.24) is 0 Å². The molecule has 2 aromatic rings. The molecule has 0 heterocycles. The molecule has 6 heteroatoms. The summed E-state index contributed by atoms with van der Waals surface area (Å²) in [6.45, 7) is 4.68. The van der Waals surface area contributed by atoms with Gasteiger partial charge in [0.2, 0.25) is 0 Å². The van der Waals surface area contributed by atoms with Crippen LogP contribution in [0.1, 0.15) is 36.0 Å². The second kappa shape index (κ2) is 20.2. The van der Waals surface area contributed by atoms with Crippen LogP contribution < -0.4 is 14.2 Å². The molecule has 6 nitrogen and oxygen atoms in total. The summed E-state index contributed by atoms with van der Waals surface area (Å²) in [5.74, 6) is 2.52. The molecule has 2 rings (SSSR count). The van der Waals surface area contributed by atoms with Crippen molar-refractivity contribution in [1.29, 1.82) is 0 Å². The Morgan fingerprint density at radius 3 is 1.55 bits per heavy atom. The lowest BCUT2D eigenvalue weighted by atomic mass is 10.2. The number of carbonyl (C=O) groups excluding carboxylic acids is 2. The number of rotatable bonds is 12. The SMILES string of the molecule is C=CC=O.COCCCCCCOc1ccc(C=O)cc1.COc1ccc(OC)cc1. The zero-order valence-electron chi connectivity index (χ0n) is 18.8. The lowest BCUT2D eigenvalue weighted by molar-refractivity contribution is -0.104. The Labute approximate surface area is 185 Å². The third-order valence-electron chi connectivity index (χ3n) is 3.92. The molecule has 0 bridgehead atoms. The van der Waals surface area contributed by atoms with Gasteiger partial charge in [-0.05, 0) is 73.9 Å². The molecule has 170 valence electrons. The first-order valence-electron chi connectivity index (χ1n) is 10.1. The summed E-state index contributed by atoms with van der Waals surface area (Å²) in [6, 6.07) is 14.6. The van der Waals surface area contributed by atoms with Gasteiger partial charge in [0.05, 0.1) is 20.8 Å². The van der Waals surface area contributed by atoms with Crippen molar-refractivity contribution in [3.05, 3.63) is 66.7 Å². The Balaban J connectivity index is 0.000000540. The van der Waals surface area contributed by atoms with Gasteiger partial charge in [-0.1, -0.05) is 13.0 Å². The molecule has 0 saturated heterocycles. The van der Waals surface area contributed by atoms with E-state index in [-0.39, 0.29) is 0 Å². The van der Waals surface area contributed by atoms with Gasteiger partial charge in [0.1, 0.15) is 29.8 Å². The number of allylic oxidation sites excluding steroid dienone is 1. The molecule has 0 amide bonds. The minimum Gasteiger partial charge on any atom is -0.497 e. The van der Waals surface area contributed by atoms with Crippen LogP contribution in [0.25, 0.3) is 0 Å². The summed E-state index contributed by atoms with van der Waals surface area (Å²) >= 11 is 0. The highest BCUT2D eigenvalue weighted by atomic mass is 16.5. The highest BCUT2D eigenvalue weighted by molar-refractivity contribution is 5.74. The molecular weight excluding hydrogens is 396 g/mol. The normalized spacial score (nSPS) is 9.13. The molecule has 0 aliphatic rings. The summed E-state index contributed by atoms with van der Waals surface area (Å²) in [5, 5.41) is 0. The number of benzene rings is 2. The van der Waals surface area contributed by atoms with Gasteiger partial charge in [-0.25, -0.2) is 0 Å². The largest absolute Gasteiger partial charge is 0.497 e. The van der Waals surface area contributed by atoms with E-state index in [1.54, 1.807) is 33.5 Å². The third-order valence-corrected chi connectivity index (χ3v) is 3.92. The van der Waals surface area contributed by atoms with E-state index >= 15 is 0 Å². The number of hydrogen-bond acceptors (Lipinski definition) is 6. The van der Waals surface area contributed by atoms with Gasteiger partial charge in [-0.15, -0.1) is 0 Å². The predicted molar refractivity (Wildman–Crippen MR) is 123 cm³/mol. The molecular formula is C25H34O6. The van der Waals surface area contributed by atoms with Crippen LogP contribution in [0.3, 0.4) is 0 Å².